The molecule has 9 nitrogen and oxygen atoms in total. The fourth-order valence-corrected chi connectivity index (χ4v) is 4.55. The highest BCUT2D eigenvalue weighted by Gasteiger charge is 2.26. The number of carbonyl (C=O) groups excluding carboxylic acids is 1. The number of anilines is 1. The Labute approximate surface area is 259 Å². The first-order valence-corrected chi connectivity index (χ1v) is 14.8. The van der Waals surface area contributed by atoms with E-state index in [0.717, 1.165) is 23.6 Å². The number of amides is 1. The van der Waals surface area contributed by atoms with E-state index in [9.17, 15) is 4.79 Å². The molecule has 5 N–H and O–H groups in total. The van der Waals surface area contributed by atoms with Crippen molar-refractivity contribution in [2.24, 2.45) is 10.7 Å². The van der Waals surface area contributed by atoms with Crippen LogP contribution in [0.4, 0.5) is 5.82 Å². The SMILES string of the molecule is CC/C(C)=C/NC(=NC1CCN(C(=O)/C=C/CNc2ccccn2)C1)/C(C(=N)c1ccc(Oc2ccccc2)cc1)=C(\C)N. The number of amidine groups is 1. The molecule has 0 spiro atoms. The van der Waals surface area contributed by atoms with Crippen LogP contribution in [-0.2, 0) is 4.79 Å². The van der Waals surface area contributed by atoms with E-state index in [0.29, 0.717) is 54.5 Å². The molecule has 2 aromatic carbocycles. The number of para-hydroxylation sites is 1. The van der Waals surface area contributed by atoms with Gasteiger partial charge in [0.05, 0.1) is 17.3 Å². The molecule has 1 saturated heterocycles. The third-order valence-electron chi connectivity index (χ3n) is 7.13. The molecule has 1 aliphatic rings. The lowest BCUT2D eigenvalue weighted by atomic mass is 9.99. The molecule has 44 heavy (non-hydrogen) atoms. The van der Waals surface area contributed by atoms with Crippen LogP contribution in [0, 0.1) is 5.41 Å². The zero-order chi connectivity index (χ0) is 31.3. The maximum atomic E-state index is 12.9. The third kappa shape index (κ3) is 9.16. The molecule has 1 fully saturated rings. The van der Waals surface area contributed by atoms with Gasteiger partial charge in [-0.05, 0) is 75.2 Å². The summed E-state index contributed by atoms with van der Waals surface area (Å²) < 4.78 is 5.92. The normalized spacial score (nSPS) is 16.1. The summed E-state index contributed by atoms with van der Waals surface area (Å²) in [5.74, 6) is 2.63. The predicted octanol–water partition coefficient (Wildman–Crippen LogP) is 6.05. The number of aromatic nitrogens is 1. The van der Waals surface area contributed by atoms with Gasteiger partial charge < -0.3 is 26.0 Å². The number of hydrogen-bond acceptors (Lipinski definition) is 7. The lowest BCUT2D eigenvalue weighted by Crippen LogP contribution is -2.31. The van der Waals surface area contributed by atoms with Crippen molar-refractivity contribution in [3.8, 4) is 11.5 Å². The van der Waals surface area contributed by atoms with Gasteiger partial charge in [0.1, 0.15) is 23.2 Å². The molecule has 1 aliphatic heterocycles. The fourth-order valence-electron chi connectivity index (χ4n) is 4.55. The topological polar surface area (TPSA) is 129 Å². The molecular formula is C35H41N7O2. The van der Waals surface area contributed by atoms with Crippen LogP contribution in [0.1, 0.15) is 39.2 Å². The third-order valence-corrected chi connectivity index (χ3v) is 7.13. The Kier molecular flexibility index (Phi) is 11.5. The van der Waals surface area contributed by atoms with E-state index in [1.165, 1.54) is 0 Å². The van der Waals surface area contributed by atoms with E-state index in [2.05, 4.69) is 22.5 Å². The van der Waals surface area contributed by atoms with E-state index in [4.69, 9.17) is 20.9 Å². The Morgan fingerprint density at radius 1 is 1.09 bits per heavy atom. The van der Waals surface area contributed by atoms with Gasteiger partial charge in [-0.2, -0.15) is 0 Å². The molecule has 228 valence electrons. The number of allylic oxidation sites excluding steroid dienone is 2. The quantitative estimate of drug-likeness (QED) is 0.115. The van der Waals surface area contributed by atoms with Gasteiger partial charge in [0.2, 0.25) is 5.91 Å². The first-order valence-electron chi connectivity index (χ1n) is 14.8. The molecule has 1 atom stereocenters. The number of nitrogens with one attached hydrogen (secondary N) is 3. The predicted molar refractivity (Wildman–Crippen MR) is 178 cm³/mol. The molecule has 0 saturated carbocycles. The molecule has 4 rings (SSSR count). The van der Waals surface area contributed by atoms with Crippen LogP contribution < -0.4 is 21.1 Å². The molecular weight excluding hydrogens is 550 g/mol. The minimum atomic E-state index is -0.138. The van der Waals surface area contributed by atoms with Crippen molar-refractivity contribution < 1.29 is 9.53 Å². The number of nitrogens with zero attached hydrogens (tertiary/aromatic N) is 3. The lowest BCUT2D eigenvalue weighted by molar-refractivity contribution is -0.125. The van der Waals surface area contributed by atoms with Crippen LogP contribution in [0.2, 0.25) is 0 Å². The minimum Gasteiger partial charge on any atom is -0.457 e. The first-order chi connectivity index (χ1) is 21.3. The summed E-state index contributed by atoms with van der Waals surface area (Å²) in [6.07, 6.45) is 8.59. The van der Waals surface area contributed by atoms with Crippen LogP contribution in [0.15, 0.2) is 119 Å². The van der Waals surface area contributed by atoms with Gasteiger partial charge >= 0.3 is 0 Å². The molecule has 0 bridgehead atoms. The van der Waals surface area contributed by atoms with Gasteiger partial charge in [-0.25, -0.2) is 4.98 Å². The number of benzene rings is 2. The largest absolute Gasteiger partial charge is 0.457 e. The highest BCUT2D eigenvalue weighted by Crippen LogP contribution is 2.23. The molecule has 1 aromatic heterocycles. The fraction of sp³-hybridized carbons (Fsp3) is 0.257. The van der Waals surface area contributed by atoms with Crippen molar-refractivity contribution in [3.05, 3.63) is 120 Å². The highest BCUT2D eigenvalue weighted by molar-refractivity contribution is 6.29. The second kappa shape index (κ2) is 15.9. The summed E-state index contributed by atoms with van der Waals surface area (Å²) in [4.78, 5) is 23.9. The molecule has 1 unspecified atom stereocenters. The number of aliphatic imine (C=N–C) groups is 1. The molecule has 1 amide bonds. The average molecular weight is 592 g/mol. The Bertz CT molecular complexity index is 1520. The Balaban J connectivity index is 1.47. The summed E-state index contributed by atoms with van der Waals surface area (Å²) in [6, 6.07) is 22.4. The lowest BCUT2D eigenvalue weighted by Gasteiger charge is -2.18. The number of nitrogens with two attached hydrogens (primary N) is 1. The van der Waals surface area contributed by atoms with E-state index >= 15 is 0 Å². The molecule has 3 aromatic rings. The summed E-state index contributed by atoms with van der Waals surface area (Å²) in [5.41, 5.74) is 9.46. The summed E-state index contributed by atoms with van der Waals surface area (Å²) in [6.45, 7) is 7.47. The van der Waals surface area contributed by atoms with Gasteiger partial charge in [0, 0.05) is 49.4 Å². The molecule has 0 aliphatic carbocycles. The zero-order valence-electron chi connectivity index (χ0n) is 25.6. The maximum Gasteiger partial charge on any atom is 0.246 e. The van der Waals surface area contributed by atoms with Gasteiger partial charge in [-0.3, -0.25) is 15.2 Å². The Morgan fingerprint density at radius 3 is 2.50 bits per heavy atom. The van der Waals surface area contributed by atoms with Gasteiger partial charge in [0.25, 0.3) is 0 Å². The summed E-state index contributed by atoms with van der Waals surface area (Å²) >= 11 is 0. The van der Waals surface area contributed by atoms with Crippen molar-refractivity contribution in [2.75, 3.05) is 25.0 Å². The molecule has 0 radical (unpaired) electrons. The number of likely N-dealkylation sites (tertiary alicyclic amines) is 1. The van der Waals surface area contributed by atoms with Gasteiger partial charge in [0.15, 0.2) is 0 Å². The number of carbonyl (C=O) groups is 1. The minimum absolute atomic E-state index is 0.0573. The highest BCUT2D eigenvalue weighted by atomic mass is 16.5. The van der Waals surface area contributed by atoms with E-state index in [1.54, 1.807) is 30.2 Å². The van der Waals surface area contributed by atoms with E-state index in [-0.39, 0.29) is 17.7 Å². The Morgan fingerprint density at radius 2 is 1.82 bits per heavy atom. The summed E-state index contributed by atoms with van der Waals surface area (Å²) in [7, 11) is 0. The maximum absolute atomic E-state index is 12.9. The van der Waals surface area contributed by atoms with E-state index < -0.39 is 0 Å². The molecule has 2 heterocycles. The van der Waals surface area contributed by atoms with Gasteiger partial charge in [-0.1, -0.05) is 42.8 Å². The smallest absolute Gasteiger partial charge is 0.246 e. The van der Waals surface area contributed by atoms with Crippen LogP contribution >= 0.6 is 0 Å². The molecule has 9 heteroatoms. The van der Waals surface area contributed by atoms with Crippen LogP contribution in [0.3, 0.4) is 0 Å². The number of pyridine rings is 1. The number of hydrogen-bond donors (Lipinski definition) is 4. The van der Waals surface area contributed by atoms with Crippen molar-refractivity contribution >= 4 is 23.3 Å². The van der Waals surface area contributed by atoms with Crippen LogP contribution in [-0.4, -0.2) is 53.0 Å². The van der Waals surface area contributed by atoms with Crippen LogP contribution in [0.5, 0.6) is 11.5 Å². The monoisotopic (exact) mass is 591 g/mol. The average Bonchev–Trinajstić information content (AvgIpc) is 3.51. The van der Waals surface area contributed by atoms with Gasteiger partial charge in [-0.15, -0.1) is 0 Å². The number of ether oxygens (including phenoxy) is 1. The first kappa shape index (κ1) is 31.7. The van der Waals surface area contributed by atoms with Crippen LogP contribution in [0.25, 0.3) is 0 Å². The zero-order valence-corrected chi connectivity index (χ0v) is 25.6. The van der Waals surface area contributed by atoms with Crippen molar-refractivity contribution in [1.29, 1.82) is 5.41 Å². The van der Waals surface area contributed by atoms with Crippen molar-refractivity contribution in [3.63, 3.8) is 0 Å². The second-order valence-electron chi connectivity index (χ2n) is 10.6. The number of rotatable bonds is 12. The second-order valence-corrected chi connectivity index (χ2v) is 10.6. The van der Waals surface area contributed by atoms with Crippen molar-refractivity contribution in [1.82, 2.24) is 15.2 Å². The van der Waals surface area contributed by atoms with E-state index in [1.807, 2.05) is 85.9 Å². The standard InChI is InChI=1S/C35H41N7O2/c1-4-25(2)23-40-35(41-28-19-22-42(24-28)32(43)14-10-21-39-31-13-8-9-20-38-31)33(26(3)36)34(37)27-15-17-30(18-16-27)44-29-11-6-5-7-12-29/h5-18,20,23,28,37H,4,19,21-22,24,36H2,1-3H3,(H,38,39)(H,40,41)/b14-10+,25-23+,33-26+,37-34?. The Hall–Kier alpha value is -5.18. The summed E-state index contributed by atoms with van der Waals surface area (Å²) in [5, 5.41) is 15.6. The van der Waals surface area contributed by atoms with Crippen molar-refractivity contribution in [2.45, 2.75) is 39.7 Å².